The Balaban J connectivity index is 0.000000429. The number of carboxylic acids is 1. The Kier molecular flexibility index (Phi) is 8.82. The smallest absolute Gasteiger partial charge is 0.475 e. The van der Waals surface area contributed by atoms with Crippen molar-refractivity contribution >= 4 is 16.7 Å². The molecule has 1 aliphatic rings. The van der Waals surface area contributed by atoms with E-state index in [1.54, 1.807) is 0 Å². The number of β-amino-alcohol motifs (C(OH)–C–C–N with tert-alkyl or cyclic N) is 1. The van der Waals surface area contributed by atoms with Gasteiger partial charge in [0.25, 0.3) is 0 Å². The minimum absolute atomic E-state index is 0.154. The topological polar surface area (TPSA) is 64.0 Å². The Bertz CT molecular complexity index is 1130. The molecule has 0 spiro atoms. The Morgan fingerprint density at radius 3 is 2.14 bits per heavy atom. The highest BCUT2D eigenvalue weighted by Crippen LogP contribution is 2.30. The highest BCUT2D eigenvalue weighted by Gasteiger charge is 2.38. The number of aliphatic carboxylic acids is 1. The Morgan fingerprint density at radius 2 is 1.57 bits per heavy atom. The van der Waals surface area contributed by atoms with Crippen LogP contribution in [0.1, 0.15) is 18.5 Å². The number of benzene rings is 3. The van der Waals surface area contributed by atoms with Crippen LogP contribution in [-0.4, -0.2) is 71.5 Å². The fourth-order valence-corrected chi connectivity index (χ4v) is 4.12. The zero-order valence-electron chi connectivity index (χ0n) is 19.3. The Labute approximate surface area is 201 Å². The van der Waals surface area contributed by atoms with Crippen molar-refractivity contribution < 1.29 is 32.6 Å². The van der Waals surface area contributed by atoms with Crippen molar-refractivity contribution in [3.05, 3.63) is 72.0 Å². The largest absolute Gasteiger partial charge is 0.490 e. The minimum atomic E-state index is -5.08. The summed E-state index contributed by atoms with van der Waals surface area (Å²) in [6.07, 6.45) is -5.08. The second-order valence-corrected chi connectivity index (χ2v) is 8.35. The third-order valence-corrected chi connectivity index (χ3v) is 6.18. The highest BCUT2D eigenvalue weighted by molar-refractivity contribution is 5.88. The lowest BCUT2D eigenvalue weighted by Gasteiger charge is -2.38. The van der Waals surface area contributed by atoms with E-state index in [1.165, 1.54) is 5.56 Å². The summed E-state index contributed by atoms with van der Waals surface area (Å²) in [5, 5.41) is 17.8. The first kappa shape index (κ1) is 26.6. The van der Waals surface area contributed by atoms with Crippen LogP contribution in [0.3, 0.4) is 0 Å². The molecule has 1 atom stereocenters. The first-order valence-electron chi connectivity index (χ1n) is 11.3. The fourth-order valence-electron chi connectivity index (χ4n) is 4.12. The van der Waals surface area contributed by atoms with Crippen LogP contribution in [-0.2, 0) is 4.79 Å². The summed E-state index contributed by atoms with van der Waals surface area (Å²) in [6, 6.07) is 20.1. The van der Waals surface area contributed by atoms with Crippen LogP contribution >= 0.6 is 0 Å². The van der Waals surface area contributed by atoms with Gasteiger partial charge in [0.05, 0.1) is 6.61 Å². The van der Waals surface area contributed by atoms with Crippen LogP contribution in [0.25, 0.3) is 21.9 Å². The van der Waals surface area contributed by atoms with E-state index in [9.17, 15) is 17.6 Å². The normalized spacial score (nSPS) is 15.9. The molecule has 5 nitrogen and oxygen atoms in total. The summed E-state index contributed by atoms with van der Waals surface area (Å²) < 4.78 is 46.7. The van der Waals surface area contributed by atoms with E-state index in [0.717, 1.165) is 43.7 Å². The van der Waals surface area contributed by atoms with Crippen molar-refractivity contribution in [1.29, 1.82) is 0 Å². The molecule has 3 aromatic carbocycles. The number of rotatable bonds is 5. The molecule has 1 saturated heterocycles. The standard InChI is InChI=1S/C24H27FN2O.C2HF3O2/c1-18(27-14-12-26(13-15-27)16-17-28)19-6-8-21(9-7-19)23-11-10-20-4-2-3-5-22(20)24(23)25;3-2(4,5)1(6)7/h2-11,18,28H,12-17H2,1H3;(H,6,7). The number of nitrogens with zero attached hydrogens (tertiary/aromatic N) is 2. The van der Waals surface area contributed by atoms with Gasteiger partial charge in [-0.05, 0) is 23.4 Å². The molecular formula is C26H28F4N2O3. The minimum Gasteiger partial charge on any atom is -0.475 e. The fraction of sp³-hybridized carbons (Fsp3) is 0.346. The van der Waals surface area contributed by atoms with Crippen LogP contribution in [0.4, 0.5) is 17.6 Å². The molecule has 0 amide bonds. The zero-order valence-corrected chi connectivity index (χ0v) is 19.3. The lowest BCUT2D eigenvalue weighted by atomic mass is 9.97. The number of aliphatic hydroxyl groups is 1. The van der Waals surface area contributed by atoms with Gasteiger partial charge in [0.15, 0.2) is 0 Å². The van der Waals surface area contributed by atoms with Gasteiger partial charge >= 0.3 is 12.1 Å². The van der Waals surface area contributed by atoms with Crippen molar-refractivity contribution in [3.63, 3.8) is 0 Å². The molecule has 9 heteroatoms. The number of hydrogen-bond acceptors (Lipinski definition) is 4. The predicted octanol–water partition coefficient (Wildman–Crippen LogP) is 4.95. The van der Waals surface area contributed by atoms with Crippen molar-refractivity contribution in [3.8, 4) is 11.1 Å². The summed E-state index contributed by atoms with van der Waals surface area (Å²) in [5.41, 5.74) is 2.81. The summed E-state index contributed by atoms with van der Waals surface area (Å²) >= 11 is 0. The van der Waals surface area contributed by atoms with Gasteiger partial charge in [-0.25, -0.2) is 9.18 Å². The zero-order chi connectivity index (χ0) is 25.6. The SMILES string of the molecule is CC(c1ccc(-c2ccc3ccccc3c2F)cc1)N1CCN(CCO)CC1.O=C(O)C(F)(F)F. The number of piperazine rings is 1. The van der Waals surface area contributed by atoms with Crippen LogP contribution in [0, 0.1) is 5.82 Å². The van der Waals surface area contributed by atoms with Gasteiger partial charge < -0.3 is 10.2 Å². The molecule has 0 bridgehead atoms. The quantitative estimate of drug-likeness (QED) is 0.494. The molecule has 1 unspecified atom stereocenters. The molecule has 188 valence electrons. The number of aliphatic hydroxyl groups excluding tert-OH is 1. The van der Waals surface area contributed by atoms with Crippen LogP contribution < -0.4 is 0 Å². The van der Waals surface area contributed by atoms with Gasteiger partial charge in [0.2, 0.25) is 0 Å². The van der Waals surface area contributed by atoms with Gasteiger partial charge in [0, 0.05) is 49.7 Å². The Morgan fingerprint density at radius 1 is 0.971 bits per heavy atom. The maximum atomic E-state index is 15.0. The third kappa shape index (κ3) is 6.78. The maximum absolute atomic E-state index is 15.0. The molecule has 2 N–H and O–H groups in total. The molecule has 35 heavy (non-hydrogen) atoms. The second-order valence-electron chi connectivity index (χ2n) is 8.35. The highest BCUT2D eigenvalue weighted by atomic mass is 19.4. The van der Waals surface area contributed by atoms with Crippen LogP contribution in [0.2, 0.25) is 0 Å². The average molecular weight is 493 g/mol. The summed E-state index contributed by atoms with van der Waals surface area (Å²) in [6.45, 7) is 7.20. The van der Waals surface area contributed by atoms with E-state index in [2.05, 4.69) is 28.9 Å². The monoisotopic (exact) mass is 492 g/mol. The van der Waals surface area contributed by atoms with Gasteiger partial charge in [-0.15, -0.1) is 0 Å². The molecule has 1 fully saturated rings. The lowest BCUT2D eigenvalue weighted by Crippen LogP contribution is -2.47. The predicted molar refractivity (Wildman–Crippen MR) is 127 cm³/mol. The molecular weight excluding hydrogens is 464 g/mol. The summed E-state index contributed by atoms with van der Waals surface area (Å²) in [4.78, 5) is 13.7. The average Bonchev–Trinajstić information content (AvgIpc) is 2.85. The van der Waals surface area contributed by atoms with E-state index in [-0.39, 0.29) is 12.4 Å². The van der Waals surface area contributed by atoms with Crippen molar-refractivity contribution in [1.82, 2.24) is 9.80 Å². The number of fused-ring (bicyclic) bond motifs is 1. The number of alkyl halides is 3. The van der Waals surface area contributed by atoms with Crippen LogP contribution in [0.15, 0.2) is 60.7 Å². The molecule has 1 aliphatic heterocycles. The second kappa shape index (κ2) is 11.6. The number of hydrogen-bond donors (Lipinski definition) is 2. The van der Waals surface area contributed by atoms with Crippen molar-refractivity contribution in [2.24, 2.45) is 0 Å². The van der Waals surface area contributed by atoms with Crippen LogP contribution in [0.5, 0.6) is 0 Å². The third-order valence-electron chi connectivity index (χ3n) is 6.18. The van der Waals surface area contributed by atoms with Crippen molar-refractivity contribution in [2.75, 3.05) is 39.3 Å². The number of carbonyl (C=O) groups is 1. The first-order chi connectivity index (χ1) is 16.6. The summed E-state index contributed by atoms with van der Waals surface area (Å²) in [5.74, 6) is -2.91. The first-order valence-corrected chi connectivity index (χ1v) is 11.3. The lowest BCUT2D eigenvalue weighted by molar-refractivity contribution is -0.192. The molecule has 3 aromatic rings. The number of carboxylic acid groups (broad SMARTS) is 1. The molecule has 0 saturated carbocycles. The van der Waals surface area contributed by atoms with E-state index in [0.29, 0.717) is 17.0 Å². The molecule has 0 aliphatic carbocycles. The number of halogens is 4. The molecule has 1 heterocycles. The Hall–Kier alpha value is -3.01. The van der Waals surface area contributed by atoms with Gasteiger partial charge in [-0.1, -0.05) is 60.7 Å². The molecule has 4 rings (SSSR count). The summed E-state index contributed by atoms with van der Waals surface area (Å²) in [7, 11) is 0. The van der Waals surface area contributed by atoms with Gasteiger partial charge in [-0.3, -0.25) is 9.80 Å². The van der Waals surface area contributed by atoms with E-state index in [1.807, 2.05) is 48.5 Å². The molecule has 0 aromatic heterocycles. The van der Waals surface area contributed by atoms with Gasteiger partial charge in [-0.2, -0.15) is 13.2 Å². The van der Waals surface area contributed by atoms with E-state index >= 15 is 0 Å². The maximum Gasteiger partial charge on any atom is 0.490 e. The van der Waals surface area contributed by atoms with E-state index < -0.39 is 12.1 Å². The van der Waals surface area contributed by atoms with Crippen molar-refractivity contribution in [2.45, 2.75) is 19.1 Å². The van der Waals surface area contributed by atoms with E-state index in [4.69, 9.17) is 15.0 Å². The molecule has 0 radical (unpaired) electrons. The van der Waals surface area contributed by atoms with Gasteiger partial charge in [0.1, 0.15) is 5.82 Å².